The van der Waals surface area contributed by atoms with Crippen LogP contribution in [0.2, 0.25) is 0 Å². The van der Waals surface area contributed by atoms with Crippen LogP contribution in [-0.2, 0) is 4.74 Å². The highest BCUT2D eigenvalue weighted by Crippen LogP contribution is 2.14. The van der Waals surface area contributed by atoms with Gasteiger partial charge in [-0.05, 0) is 32.9 Å². The van der Waals surface area contributed by atoms with E-state index in [4.69, 9.17) is 10.5 Å². The second-order valence-corrected chi connectivity index (χ2v) is 5.66. The summed E-state index contributed by atoms with van der Waals surface area (Å²) in [6, 6.07) is 6.91. The monoisotopic (exact) mass is 278 g/mol. The van der Waals surface area contributed by atoms with Gasteiger partial charge in [0, 0.05) is 31.3 Å². The smallest absolute Gasteiger partial charge is 0.410 e. The van der Waals surface area contributed by atoms with Crippen molar-refractivity contribution in [2.24, 2.45) is 0 Å². The predicted octanol–water partition coefficient (Wildman–Crippen LogP) is 2.71. The van der Waals surface area contributed by atoms with Gasteiger partial charge in [0.25, 0.3) is 0 Å². The van der Waals surface area contributed by atoms with Crippen molar-refractivity contribution in [3.63, 3.8) is 0 Å². The van der Waals surface area contributed by atoms with Gasteiger partial charge in [0.15, 0.2) is 5.78 Å². The van der Waals surface area contributed by atoms with Crippen LogP contribution in [0.3, 0.4) is 0 Å². The molecule has 1 amide bonds. The van der Waals surface area contributed by atoms with E-state index >= 15 is 0 Å². The first-order chi connectivity index (χ1) is 9.20. The number of nitrogen functional groups attached to an aromatic ring is 1. The number of anilines is 1. The molecule has 20 heavy (non-hydrogen) atoms. The van der Waals surface area contributed by atoms with Crippen LogP contribution in [-0.4, -0.2) is 36.0 Å². The van der Waals surface area contributed by atoms with E-state index in [9.17, 15) is 9.59 Å². The van der Waals surface area contributed by atoms with Crippen LogP contribution in [0.5, 0.6) is 0 Å². The molecule has 0 spiro atoms. The number of rotatable bonds is 4. The number of hydrogen-bond acceptors (Lipinski definition) is 4. The van der Waals surface area contributed by atoms with Crippen LogP contribution in [0.4, 0.5) is 10.5 Å². The molecule has 5 nitrogen and oxygen atoms in total. The summed E-state index contributed by atoms with van der Waals surface area (Å²) in [6.07, 6.45) is -0.226. The lowest BCUT2D eigenvalue weighted by Crippen LogP contribution is -2.35. The molecule has 1 aromatic carbocycles. The summed E-state index contributed by atoms with van der Waals surface area (Å²) in [5.74, 6) is -0.0847. The van der Waals surface area contributed by atoms with Gasteiger partial charge in [0.1, 0.15) is 5.60 Å². The van der Waals surface area contributed by atoms with Crippen molar-refractivity contribution in [1.82, 2.24) is 4.90 Å². The molecule has 5 heteroatoms. The molecule has 0 unspecified atom stereocenters. The van der Waals surface area contributed by atoms with E-state index in [1.165, 1.54) is 4.90 Å². The molecule has 0 aliphatic heterocycles. The summed E-state index contributed by atoms with van der Waals surface area (Å²) in [6.45, 7) is 5.69. The third kappa shape index (κ3) is 4.91. The lowest BCUT2D eigenvalue weighted by molar-refractivity contribution is 0.0298. The lowest BCUT2D eigenvalue weighted by Gasteiger charge is -2.24. The van der Waals surface area contributed by atoms with Gasteiger partial charge in [-0.1, -0.05) is 12.1 Å². The van der Waals surface area contributed by atoms with Crippen LogP contribution >= 0.6 is 0 Å². The Morgan fingerprint density at radius 3 is 2.40 bits per heavy atom. The minimum absolute atomic E-state index is 0.0847. The van der Waals surface area contributed by atoms with Gasteiger partial charge in [-0.3, -0.25) is 4.79 Å². The number of ketones is 1. The Morgan fingerprint density at radius 1 is 1.25 bits per heavy atom. The second-order valence-electron chi connectivity index (χ2n) is 5.66. The van der Waals surface area contributed by atoms with E-state index in [-0.39, 0.29) is 12.2 Å². The number of hydrogen-bond donors (Lipinski definition) is 1. The lowest BCUT2D eigenvalue weighted by atomic mass is 10.1. The highest BCUT2D eigenvalue weighted by molar-refractivity contribution is 6.00. The molecule has 0 bridgehead atoms. The summed E-state index contributed by atoms with van der Waals surface area (Å²) < 4.78 is 5.21. The molecule has 0 fully saturated rings. The quantitative estimate of drug-likeness (QED) is 0.679. The Bertz CT molecular complexity index is 492. The number of amides is 1. The number of carbonyl (C=O) groups is 2. The molecule has 1 rings (SSSR count). The van der Waals surface area contributed by atoms with E-state index in [1.54, 1.807) is 52.1 Å². The van der Waals surface area contributed by atoms with Crippen molar-refractivity contribution in [3.05, 3.63) is 29.8 Å². The van der Waals surface area contributed by atoms with Crippen molar-refractivity contribution in [3.8, 4) is 0 Å². The zero-order valence-electron chi connectivity index (χ0n) is 12.5. The molecule has 2 N–H and O–H groups in total. The molecule has 1 aromatic rings. The first kappa shape index (κ1) is 16.0. The summed E-state index contributed by atoms with van der Waals surface area (Å²) in [4.78, 5) is 25.2. The molecule has 0 aliphatic rings. The van der Waals surface area contributed by atoms with Gasteiger partial charge in [-0.15, -0.1) is 0 Å². The van der Waals surface area contributed by atoms with Crippen LogP contribution < -0.4 is 5.73 Å². The normalized spacial score (nSPS) is 11.0. The van der Waals surface area contributed by atoms with Crippen molar-refractivity contribution < 1.29 is 14.3 Å². The maximum absolute atomic E-state index is 12.0. The Balaban J connectivity index is 2.53. The Hall–Kier alpha value is -2.04. The third-order valence-electron chi connectivity index (χ3n) is 2.64. The topological polar surface area (TPSA) is 72.6 Å². The standard InChI is InChI=1S/C15H22N2O3/c1-15(2,3)20-14(19)17(4)10-9-13(18)11-7-5-6-8-12(11)16/h5-8H,9-10,16H2,1-4H3. The largest absolute Gasteiger partial charge is 0.444 e. The van der Waals surface area contributed by atoms with Crippen LogP contribution in [0.1, 0.15) is 37.6 Å². The van der Waals surface area contributed by atoms with Crippen LogP contribution in [0, 0.1) is 0 Å². The van der Waals surface area contributed by atoms with E-state index in [1.807, 2.05) is 0 Å². The molecule has 110 valence electrons. The van der Waals surface area contributed by atoms with Gasteiger partial charge in [-0.25, -0.2) is 4.79 Å². The van der Waals surface area contributed by atoms with Crippen molar-refractivity contribution >= 4 is 17.6 Å². The summed E-state index contributed by atoms with van der Waals surface area (Å²) in [5, 5.41) is 0. The Morgan fingerprint density at radius 2 is 1.85 bits per heavy atom. The van der Waals surface area contributed by atoms with E-state index in [2.05, 4.69) is 0 Å². The fraction of sp³-hybridized carbons (Fsp3) is 0.467. The zero-order valence-corrected chi connectivity index (χ0v) is 12.5. The average Bonchev–Trinajstić information content (AvgIpc) is 2.34. The Kier molecular flexibility index (Phi) is 5.13. The van der Waals surface area contributed by atoms with Crippen LogP contribution in [0.15, 0.2) is 24.3 Å². The molecular formula is C15H22N2O3. The number of ether oxygens (including phenoxy) is 1. The number of nitrogens with two attached hydrogens (primary N) is 1. The van der Waals surface area contributed by atoms with Gasteiger partial charge in [0.05, 0.1) is 0 Å². The van der Waals surface area contributed by atoms with Crippen molar-refractivity contribution in [2.45, 2.75) is 32.8 Å². The SMILES string of the molecule is CN(CCC(=O)c1ccccc1N)C(=O)OC(C)(C)C. The van der Waals surface area contributed by atoms with E-state index in [0.717, 1.165) is 0 Å². The van der Waals surface area contributed by atoms with Crippen molar-refractivity contribution in [2.75, 3.05) is 19.3 Å². The van der Waals surface area contributed by atoms with Gasteiger partial charge in [-0.2, -0.15) is 0 Å². The molecule has 0 radical (unpaired) electrons. The number of Topliss-reactive ketones (excluding diaryl/α,β-unsaturated/α-hetero) is 1. The number of nitrogens with zero attached hydrogens (tertiary/aromatic N) is 1. The van der Waals surface area contributed by atoms with E-state index < -0.39 is 11.7 Å². The van der Waals surface area contributed by atoms with Gasteiger partial charge < -0.3 is 15.4 Å². The Labute approximate surface area is 119 Å². The fourth-order valence-corrected chi connectivity index (χ4v) is 1.59. The maximum Gasteiger partial charge on any atom is 0.410 e. The predicted molar refractivity (Wildman–Crippen MR) is 78.7 cm³/mol. The molecular weight excluding hydrogens is 256 g/mol. The summed E-state index contributed by atoms with van der Waals surface area (Å²) in [5.41, 5.74) is 6.15. The third-order valence-corrected chi connectivity index (χ3v) is 2.64. The molecule has 0 aliphatic carbocycles. The van der Waals surface area contributed by atoms with Crippen LogP contribution in [0.25, 0.3) is 0 Å². The average molecular weight is 278 g/mol. The highest BCUT2D eigenvalue weighted by atomic mass is 16.6. The number of carbonyl (C=O) groups excluding carboxylic acids is 2. The first-order valence-corrected chi connectivity index (χ1v) is 6.52. The number of benzene rings is 1. The van der Waals surface area contributed by atoms with Crippen molar-refractivity contribution in [1.29, 1.82) is 0 Å². The minimum Gasteiger partial charge on any atom is -0.444 e. The first-order valence-electron chi connectivity index (χ1n) is 6.52. The molecule has 0 atom stereocenters. The summed E-state index contributed by atoms with van der Waals surface area (Å²) in [7, 11) is 1.61. The van der Waals surface area contributed by atoms with Gasteiger partial charge >= 0.3 is 6.09 Å². The molecule has 0 saturated heterocycles. The zero-order chi connectivity index (χ0) is 15.3. The maximum atomic E-state index is 12.0. The molecule has 0 saturated carbocycles. The summed E-state index contributed by atoms with van der Waals surface area (Å²) >= 11 is 0. The second kappa shape index (κ2) is 6.41. The molecule has 0 heterocycles. The molecule has 0 aromatic heterocycles. The minimum atomic E-state index is -0.542. The van der Waals surface area contributed by atoms with E-state index in [0.29, 0.717) is 17.8 Å². The number of para-hydroxylation sites is 1. The van der Waals surface area contributed by atoms with Gasteiger partial charge in [0.2, 0.25) is 0 Å². The fourth-order valence-electron chi connectivity index (χ4n) is 1.59. The highest BCUT2D eigenvalue weighted by Gasteiger charge is 2.20.